The number of anilines is 1. The van der Waals surface area contributed by atoms with E-state index in [2.05, 4.69) is 22.6 Å². The van der Waals surface area contributed by atoms with Crippen LogP contribution in [0.15, 0.2) is 24.3 Å². The molecule has 2 heterocycles. The molecule has 0 spiro atoms. The third kappa shape index (κ3) is 2.05. The van der Waals surface area contributed by atoms with E-state index in [9.17, 15) is 13.2 Å². The lowest BCUT2D eigenvalue weighted by molar-refractivity contribution is -0.117. The smallest absolute Gasteiger partial charge is 0.227 e. The van der Waals surface area contributed by atoms with Gasteiger partial charge in [-0.2, -0.15) is 0 Å². The first-order valence-corrected chi connectivity index (χ1v) is 8.64. The highest BCUT2D eigenvalue weighted by atomic mass is 127. The Bertz CT molecular complexity index is 614. The van der Waals surface area contributed by atoms with E-state index < -0.39 is 9.84 Å². The molecule has 3 rings (SSSR count). The van der Waals surface area contributed by atoms with E-state index in [1.807, 2.05) is 24.3 Å². The minimum absolute atomic E-state index is 0.0274. The third-order valence-electron chi connectivity index (χ3n) is 3.56. The SMILES string of the molecule is O=C1CC2CS(=O)(=O)CC2N1c1cccc(I)c1. The molecule has 2 aliphatic rings. The molecule has 2 unspecified atom stereocenters. The van der Waals surface area contributed by atoms with Gasteiger partial charge < -0.3 is 4.90 Å². The van der Waals surface area contributed by atoms with Crippen LogP contribution in [0.2, 0.25) is 0 Å². The summed E-state index contributed by atoms with van der Waals surface area (Å²) in [5.74, 6) is 0.279. The van der Waals surface area contributed by atoms with E-state index in [-0.39, 0.29) is 29.4 Å². The molecule has 0 saturated carbocycles. The number of sulfone groups is 1. The molecule has 0 aliphatic carbocycles. The summed E-state index contributed by atoms with van der Waals surface area (Å²) in [7, 11) is -2.98. The zero-order valence-corrected chi connectivity index (χ0v) is 12.5. The Kier molecular flexibility index (Phi) is 2.89. The first kappa shape index (κ1) is 12.4. The molecule has 1 amide bonds. The van der Waals surface area contributed by atoms with Gasteiger partial charge in [-0.3, -0.25) is 4.79 Å². The number of rotatable bonds is 1. The molecule has 2 fully saturated rings. The molecule has 0 bridgehead atoms. The van der Waals surface area contributed by atoms with Gasteiger partial charge in [0, 0.05) is 21.6 Å². The third-order valence-corrected chi connectivity index (χ3v) is 6.02. The van der Waals surface area contributed by atoms with Crippen molar-refractivity contribution in [3.05, 3.63) is 27.8 Å². The topological polar surface area (TPSA) is 54.5 Å². The summed E-state index contributed by atoms with van der Waals surface area (Å²) in [5.41, 5.74) is 0.816. The van der Waals surface area contributed by atoms with Crippen molar-refractivity contribution in [2.24, 2.45) is 5.92 Å². The van der Waals surface area contributed by atoms with Crippen LogP contribution in [-0.2, 0) is 14.6 Å². The van der Waals surface area contributed by atoms with E-state index >= 15 is 0 Å². The highest BCUT2D eigenvalue weighted by Gasteiger charge is 2.49. The van der Waals surface area contributed by atoms with Crippen molar-refractivity contribution in [1.29, 1.82) is 0 Å². The quantitative estimate of drug-likeness (QED) is 0.697. The number of carbonyl (C=O) groups is 1. The zero-order valence-electron chi connectivity index (χ0n) is 9.54. The fraction of sp³-hybridized carbons (Fsp3) is 0.417. The first-order chi connectivity index (χ1) is 8.46. The van der Waals surface area contributed by atoms with Crippen molar-refractivity contribution < 1.29 is 13.2 Å². The molecule has 0 N–H and O–H groups in total. The molecule has 96 valence electrons. The summed E-state index contributed by atoms with van der Waals surface area (Å²) in [5, 5.41) is 0. The standard InChI is InChI=1S/C12H12INO3S/c13-9-2-1-3-10(5-9)14-11-7-18(16,17)6-8(11)4-12(14)15/h1-3,5,8,11H,4,6-7H2. The van der Waals surface area contributed by atoms with E-state index in [1.54, 1.807) is 4.90 Å². The molecule has 4 nitrogen and oxygen atoms in total. The molecular weight excluding hydrogens is 365 g/mol. The highest BCUT2D eigenvalue weighted by molar-refractivity contribution is 14.1. The number of hydrogen-bond donors (Lipinski definition) is 0. The summed E-state index contributed by atoms with van der Waals surface area (Å²) in [6, 6.07) is 7.47. The lowest BCUT2D eigenvalue weighted by Crippen LogP contribution is -2.36. The van der Waals surface area contributed by atoms with Gasteiger partial charge in [0.05, 0.1) is 17.5 Å². The van der Waals surface area contributed by atoms with Crippen LogP contribution in [0, 0.1) is 9.49 Å². The van der Waals surface area contributed by atoms with E-state index in [4.69, 9.17) is 0 Å². The Balaban J connectivity index is 1.99. The van der Waals surface area contributed by atoms with Crippen LogP contribution in [0.3, 0.4) is 0 Å². The normalized spacial score (nSPS) is 29.6. The van der Waals surface area contributed by atoms with Crippen molar-refractivity contribution in [3.8, 4) is 0 Å². The lowest BCUT2D eigenvalue weighted by atomic mass is 10.1. The second kappa shape index (κ2) is 4.19. The van der Waals surface area contributed by atoms with Crippen molar-refractivity contribution >= 4 is 44.0 Å². The maximum atomic E-state index is 12.0. The van der Waals surface area contributed by atoms with Crippen LogP contribution in [-0.4, -0.2) is 31.9 Å². The molecule has 18 heavy (non-hydrogen) atoms. The van der Waals surface area contributed by atoms with Crippen LogP contribution in [0.5, 0.6) is 0 Å². The van der Waals surface area contributed by atoms with Crippen LogP contribution in [0.25, 0.3) is 0 Å². The number of nitrogens with zero attached hydrogens (tertiary/aromatic N) is 1. The average molecular weight is 377 g/mol. The second-order valence-corrected chi connectivity index (χ2v) is 8.25. The number of carbonyl (C=O) groups excluding carboxylic acids is 1. The molecular formula is C12H12INO3S. The summed E-state index contributed by atoms with van der Waals surface area (Å²) in [4.78, 5) is 13.7. The monoisotopic (exact) mass is 377 g/mol. The molecule has 0 aromatic heterocycles. The summed E-state index contributed by atoms with van der Waals surface area (Å²) < 4.78 is 24.4. The Morgan fingerprint density at radius 1 is 1.28 bits per heavy atom. The molecule has 0 radical (unpaired) electrons. The Morgan fingerprint density at radius 2 is 2.06 bits per heavy atom. The molecule has 1 aromatic rings. The minimum atomic E-state index is -2.98. The number of hydrogen-bond acceptors (Lipinski definition) is 3. The van der Waals surface area contributed by atoms with E-state index in [0.29, 0.717) is 6.42 Å². The van der Waals surface area contributed by atoms with Crippen molar-refractivity contribution in [2.75, 3.05) is 16.4 Å². The van der Waals surface area contributed by atoms with Gasteiger partial charge in [-0.1, -0.05) is 6.07 Å². The fourth-order valence-electron chi connectivity index (χ4n) is 2.85. The van der Waals surface area contributed by atoms with Crippen LogP contribution in [0.4, 0.5) is 5.69 Å². The first-order valence-electron chi connectivity index (χ1n) is 5.74. The molecule has 1 aromatic carbocycles. The summed E-state index contributed by atoms with van der Waals surface area (Å²) in [6.07, 6.45) is 0.357. The maximum absolute atomic E-state index is 12.0. The molecule has 2 atom stereocenters. The second-order valence-electron chi connectivity index (χ2n) is 4.85. The molecule has 6 heteroatoms. The maximum Gasteiger partial charge on any atom is 0.227 e. The number of halogens is 1. The van der Waals surface area contributed by atoms with Gasteiger partial charge in [0.2, 0.25) is 5.91 Å². The predicted octanol–water partition coefficient (Wildman–Crippen LogP) is 1.44. The highest BCUT2D eigenvalue weighted by Crippen LogP contribution is 2.37. The molecule has 2 aliphatic heterocycles. The van der Waals surface area contributed by atoms with Gasteiger partial charge in [0.15, 0.2) is 9.84 Å². The van der Waals surface area contributed by atoms with Gasteiger partial charge in [-0.15, -0.1) is 0 Å². The van der Waals surface area contributed by atoms with Gasteiger partial charge in [0.1, 0.15) is 0 Å². The average Bonchev–Trinajstić information content (AvgIpc) is 2.68. The zero-order chi connectivity index (χ0) is 12.9. The summed E-state index contributed by atoms with van der Waals surface area (Å²) in [6.45, 7) is 0. The lowest BCUT2D eigenvalue weighted by Gasteiger charge is -2.23. The molecule has 2 saturated heterocycles. The Hall–Kier alpha value is -0.630. The van der Waals surface area contributed by atoms with Gasteiger partial charge in [0.25, 0.3) is 0 Å². The Labute approximate surface area is 119 Å². The van der Waals surface area contributed by atoms with E-state index in [1.165, 1.54) is 0 Å². The van der Waals surface area contributed by atoms with Crippen molar-refractivity contribution in [1.82, 2.24) is 0 Å². The number of benzene rings is 1. The number of amides is 1. The predicted molar refractivity (Wildman–Crippen MR) is 77.2 cm³/mol. The van der Waals surface area contributed by atoms with Gasteiger partial charge >= 0.3 is 0 Å². The largest absolute Gasteiger partial charge is 0.308 e. The fourth-order valence-corrected chi connectivity index (χ4v) is 5.45. The number of fused-ring (bicyclic) bond motifs is 1. The Morgan fingerprint density at radius 3 is 2.78 bits per heavy atom. The van der Waals surface area contributed by atoms with Crippen molar-refractivity contribution in [2.45, 2.75) is 12.5 Å². The summed E-state index contributed by atoms with van der Waals surface area (Å²) >= 11 is 2.19. The van der Waals surface area contributed by atoms with Gasteiger partial charge in [-0.05, 0) is 40.8 Å². The van der Waals surface area contributed by atoms with Crippen LogP contribution >= 0.6 is 22.6 Å². The van der Waals surface area contributed by atoms with Crippen LogP contribution < -0.4 is 4.90 Å². The van der Waals surface area contributed by atoms with E-state index in [0.717, 1.165) is 9.26 Å². The van der Waals surface area contributed by atoms with Crippen molar-refractivity contribution in [3.63, 3.8) is 0 Å². The van der Waals surface area contributed by atoms with Gasteiger partial charge in [-0.25, -0.2) is 8.42 Å². The van der Waals surface area contributed by atoms with Crippen LogP contribution in [0.1, 0.15) is 6.42 Å². The minimum Gasteiger partial charge on any atom is -0.308 e.